The number of fused-ring (bicyclic) bond motifs is 1. The van der Waals surface area contributed by atoms with Crippen LogP contribution in [0.5, 0.6) is 28.7 Å². The number of phenolic OH excluding ortho intramolecular Hbond substituents is 5. The molecule has 0 aliphatic carbocycles. The molecule has 3 aromatic carbocycles. The topological polar surface area (TPSA) is 228 Å². The van der Waals surface area contributed by atoms with E-state index in [0.29, 0.717) is 0 Å². The fraction of sp³-hybridized carbons (Fsp3) is 0.214. The molecule has 13 nitrogen and oxygen atoms in total. The van der Waals surface area contributed by atoms with E-state index < -0.39 is 82.5 Å². The minimum Gasteiger partial charge on any atom is -0.508 e. The second-order valence-corrected chi connectivity index (χ2v) is 9.42. The van der Waals surface area contributed by atoms with Gasteiger partial charge in [-0.1, -0.05) is 0 Å². The molecule has 2 heterocycles. The molecule has 4 aromatic rings. The molecule has 1 aliphatic heterocycles. The average Bonchev–Trinajstić information content (AvgIpc) is 2.93. The Hall–Kier alpha value is -4.82. The molecule has 214 valence electrons. The molecule has 0 saturated carbocycles. The lowest BCUT2D eigenvalue weighted by molar-refractivity contribution is -0.232. The van der Waals surface area contributed by atoms with Crippen LogP contribution in [0.15, 0.2) is 63.8 Å². The van der Waals surface area contributed by atoms with Crippen LogP contribution in [0.4, 0.5) is 0 Å². The molecule has 0 amide bonds. The predicted octanol–water partition coefficient (Wildman–Crippen LogP) is 1.37. The van der Waals surface area contributed by atoms with Crippen molar-refractivity contribution in [3.8, 4) is 40.1 Å². The van der Waals surface area contributed by atoms with Gasteiger partial charge in [-0.2, -0.15) is 0 Å². The quantitative estimate of drug-likeness (QED) is 0.126. The highest BCUT2D eigenvalue weighted by Crippen LogP contribution is 2.45. The summed E-state index contributed by atoms with van der Waals surface area (Å²) in [6, 6.07) is 10.8. The average molecular weight is 568 g/mol. The summed E-state index contributed by atoms with van der Waals surface area (Å²) in [4.78, 5) is 25.4. The van der Waals surface area contributed by atoms with Gasteiger partial charge in [0.05, 0.1) is 11.1 Å². The van der Waals surface area contributed by atoms with E-state index in [1.54, 1.807) is 0 Å². The van der Waals surface area contributed by atoms with Crippen molar-refractivity contribution >= 4 is 16.9 Å². The minimum absolute atomic E-state index is 0.0626. The van der Waals surface area contributed by atoms with Gasteiger partial charge in [0.1, 0.15) is 71.1 Å². The number of carbonyl (C=O) groups excluding carboxylic acids is 1. The fourth-order valence-corrected chi connectivity index (χ4v) is 4.57. The van der Waals surface area contributed by atoms with Gasteiger partial charge in [-0.05, 0) is 42.5 Å². The number of hydrogen-bond donors (Lipinski definition) is 8. The standard InChI is InChI=1S/C28H24O13/c29-13-4-1-11(2-5-13)28(38)39-10-20-23(34)25(36)26(37)27(41-20)22-17(33)9-19-21(24(22)35)16(32)8-18(40-19)12-3-6-14(30)15(31)7-12/h1-9,20,23,25-27,29-31,33-37H,10H2. The predicted molar refractivity (Wildman–Crippen MR) is 139 cm³/mol. The van der Waals surface area contributed by atoms with Gasteiger partial charge in [-0.3, -0.25) is 4.79 Å². The molecule has 5 atom stereocenters. The zero-order valence-electron chi connectivity index (χ0n) is 20.9. The molecule has 1 aliphatic rings. The van der Waals surface area contributed by atoms with Gasteiger partial charge in [0.15, 0.2) is 16.9 Å². The molecule has 1 fully saturated rings. The SMILES string of the molecule is O=C(OCC1OC(c2c(O)cc3oc(-c4ccc(O)c(O)c4)cc(=O)c3c2O)C(O)C(O)C1O)c1ccc(O)cc1. The van der Waals surface area contributed by atoms with Crippen LogP contribution in [0.2, 0.25) is 0 Å². The first-order valence-electron chi connectivity index (χ1n) is 12.2. The van der Waals surface area contributed by atoms with E-state index >= 15 is 0 Å². The number of aliphatic hydroxyl groups is 3. The van der Waals surface area contributed by atoms with E-state index in [9.17, 15) is 50.4 Å². The van der Waals surface area contributed by atoms with Crippen molar-refractivity contribution in [1.82, 2.24) is 0 Å². The van der Waals surface area contributed by atoms with Crippen molar-refractivity contribution < 1.29 is 59.5 Å². The highest BCUT2D eigenvalue weighted by atomic mass is 16.6. The smallest absolute Gasteiger partial charge is 0.338 e. The van der Waals surface area contributed by atoms with Crippen LogP contribution < -0.4 is 5.43 Å². The third-order valence-corrected chi connectivity index (χ3v) is 6.75. The molecule has 8 N–H and O–H groups in total. The highest BCUT2D eigenvalue weighted by molar-refractivity contribution is 5.89. The second kappa shape index (κ2) is 10.6. The van der Waals surface area contributed by atoms with Crippen LogP contribution in [-0.4, -0.2) is 77.8 Å². The first-order valence-corrected chi connectivity index (χ1v) is 12.2. The van der Waals surface area contributed by atoms with E-state index in [0.717, 1.165) is 18.2 Å². The Balaban J connectivity index is 1.47. The van der Waals surface area contributed by atoms with E-state index in [-0.39, 0.29) is 28.2 Å². The molecule has 13 heteroatoms. The van der Waals surface area contributed by atoms with Crippen LogP contribution in [0.1, 0.15) is 22.0 Å². The molecule has 0 bridgehead atoms. The first kappa shape index (κ1) is 27.7. The van der Waals surface area contributed by atoms with Gasteiger partial charge in [0.2, 0.25) is 0 Å². The van der Waals surface area contributed by atoms with Crippen LogP contribution in [-0.2, 0) is 9.47 Å². The lowest BCUT2D eigenvalue weighted by Gasteiger charge is -2.40. The lowest BCUT2D eigenvalue weighted by atomic mass is 9.89. The molecular weight excluding hydrogens is 544 g/mol. The van der Waals surface area contributed by atoms with Crippen molar-refractivity contribution in [2.24, 2.45) is 0 Å². The Labute approximate surface area is 229 Å². The monoisotopic (exact) mass is 568 g/mol. The van der Waals surface area contributed by atoms with Gasteiger partial charge in [-0.25, -0.2) is 4.79 Å². The largest absolute Gasteiger partial charge is 0.508 e. The van der Waals surface area contributed by atoms with E-state index in [1.165, 1.54) is 36.4 Å². The maximum Gasteiger partial charge on any atom is 0.338 e. The molecule has 41 heavy (non-hydrogen) atoms. The molecule has 5 rings (SSSR count). The Kier molecular flexibility index (Phi) is 7.19. The lowest BCUT2D eigenvalue weighted by Crippen LogP contribution is -2.55. The van der Waals surface area contributed by atoms with Crippen molar-refractivity contribution in [1.29, 1.82) is 0 Å². The summed E-state index contributed by atoms with van der Waals surface area (Å²) in [6.45, 7) is -0.610. The maximum atomic E-state index is 13.0. The molecule has 1 saturated heterocycles. The summed E-state index contributed by atoms with van der Waals surface area (Å²) < 4.78 is 16.5. The minimum atomic E-state index is -1.89. The van der Waals surface area contributed by atoms with Crippen LogP contribution in [0.25, 0.3) is 22.3 Å². The van der Waals surface area contributed by atoms with Gasteiger partial charge in [0, 0.05) is 17.7 Å². The zero-order chi connectivity index (χ0) is 29.6. The van der Waals surface area contributed by atoms with Gasteiger partial charge < -0.3 is 54.7 Å². The van der Waals surface area contributed by atoms with E-state index in [4.69, 9.17) is 13.9 Å². The molecule has 0 radical (unpaired) electrons. The summed E-state index contributed by atoms with van der Waals surface area (Å²) in [5.41, 5.74) is -1.27. The van der Waals surface area contributed by atoms with Crippen LogP contribution >= 0.6 is 0 Å². The summed E-state index contributed by atoms with van der Waals surface area (Å²) in [6.07, 6.45) is -8.64. The number of aromatic hydroxyl groups is 5. The van der Waals surface area contributed by atoms with E-state index in [2.05, 4.69) is 0 Å². The fourth-order valence-electron chi connectivity index (χ4n) is 4.57. The number of phenols is 5. The van der Waals surface area contributed by atoms with Gasteiger partial charge in [-0.15, -0.1) is 0 Å². The Morgan fingerprint density at radius 3 is 2.20 bits per heavy atom. The Morgan fingerprint density at radius 1 is 0.805 bits per heavy atom. The number of ether oxygens (including phenoxy) is 2. The number of esters is 1. The molecule has 5 unspecified atom stereocenters. The van der Waals surface area contributed by atoms with Gasteiger partial charge >= 0.3 is 5.97 Å². The van der Waals surface area contributed by atoms with E-state index in [1.807, 2.05) is 0 Å². The molecule has 1 aromatic heterocycles. The second-order valence-electron chi connectivity index (χ2n) is 9.42. The first-order chi connectivity index (χ1) is 19.5. The Bertz CT molecular complexity index is 1680. The van der Waals surface area contributed by atoms with Crippen LogP contribution in [0, 0.1) is 0 Å². The summed E-state index contributed by atoms with van der Waals surface area (Å²) in [7, 11) is 0. The summed E-state index contributed by atoms with van der Waals surface area (Å²) in [5, 5.41) is 81.7. The number of benzene rings is 3. The maximum absolute atomic E-state index is 13.0. The Morgan fingerprint density at radius 2 is 1.51 bits per heavy atom. The highest BCUT2D eigenvalue weighted by Gasteiger charge is 2.46. The third kappa shape index (κ3) is 5.10. The van der Waals surface area contributed by atoms with Crippen molar-refractivity contribution in [2.75, 3.05) is 6.61 Å². The van der Waals surface area contributed by atoms with Crippen molar-refractivity contribution in [3.05, 3.63) is 75.9 Å². The number of hydrogen-bond acceptors (Lipinski definition) is 13. The van der Waals surface area contributed by atoms with Crippen LogP contribution in [0.3, 0.4) is 0 Å². The summed E-state index contributed by atoms with van der Waals surface area (Å²) >= 11 is 0. The number of carbonyl (C=O) groups is 1. The van der Waals surface area contributed by atoms with Gasteiger partial charge in [0.25, 0.3) is 0 Å². The van der Waals surface area contributed by atoms with Crippen molar-refractivity contribution in [3.63, 3.8) is 0 Å². The number of aliphatic hydroxyl groups excluding tert-OH is 3. The van der Waals surface area contributed by atoms with Crippen molar-refractivity contribution in [2.45, 2.75) is 30.5 Å². The molecule has 0 spiro atoms. The third-order valence-electron chi connectivity index (χ3n) is 6.75. The molecular formula is C28H24O13. The number of rotatable bonds is 5. The summed E-state index contributed by atoms with van der Waals surface area (Å²) in [5.74, 6) is -3.38. The zero-order valence-corrected chi connectivity index (χ0v) is 20.9. The normalized spacial score (nSPS) is 22.5.